The molecule has 0 radical (unpaired) electrons. The maximum atomic E-state index is 13.7. The Kier molecular flexibility index (Phi) is 8.61. The first-order valence-electron chi connectivity index (χ1n) is 13.3. The molecule has 1 saturated heterocycles. The number of benzene rings is 3. The van der Waals surface area contributed by atoms with Crippen LogP contribution in [0.5, 0.6) is 0 Å². The van der Waals surface area contributed by atoms with Gasteiger partial charge in [0.2, 0.25) is 5.43 Å². The van der Waals surface area contributed by atoms with Crippen molar-refractivity contribution < 1.29 is 14.6 Å². The summed E-state index contributed by atoms with van der Waals surface area (Å²) in [4.78, 5) is 26.7. The third kappa shape index (κ3) is 6.43. The van der Waals surface area contributed by atoms with Gasteiger partial charge in [-0.25, -0.2) is 0 Å². The first kappa shape index (κ1) is 27.6. The summed E-state index contributed by atoms with van der Waals surface area (Å²) in [6, 6.07) is 20.1. The van der Waals surface area contributed by atoms with Crippen molar-refractivity contribution in [2.75, 3.05) is 13.2 Å². The van der Waals surface area contributed by atoms with Crippen molar-refractivity contribution in [3.8, 4) is 11.8 Å². The molecule has 2 heterocycles. The molecule has 1 aromatic heterocycles. The Labute approximate surface area is 237 Å². The summed E-state index contributed by atoms with van der Waals surface area (Å²) < 4.78 is 7.18. The van der Waals surface area contributed by atoms with Gasteiger partial charge in [-0.3, -0.25) is 14.3 Å². The molecule has 1 aliphatic heterocycles. The van der Waals surface area contributed by atoms with Crippen molar-refractivity contribution in [3.63, 3.8) is 0 Å². The maximum Gasteiger partial charge on any atom is 0.276 e. The van der Waals surface area contributed by atoms with Crippen LogP contribution in [0.3, 0.4) is 0 Å². The van der Waals surface area contributed by atoms with E-state index in [2.05, 4.69) is 22.3 Å². The molecule has 0 spiro atoms. The zero-order chi connectivity index (χ0) is 28.1. The first-order valence-corrected chi connectivity index (χ1v) is 13.7. The van der Waals surface area contributed by atoms with Crippen molar-refractivity contribution in [2.24, 2.45) is 13.0 Å². The maximum absolute atomic E-state index is 13.7. The van der Waals surface area contributed by atoms with Crippen molar-refractivity contribution >= 4 is 28.4 Å². The molecule has 1 amide bonds. The number of hydrogen-bond acceptors (Lipinski definition) is 5. The number of nitrogens with one attached hydrogen (secondary N) is 1. The Morgan fingerprint density at radius 2 is 1.95 bits per heavy atom. The molecule has 0 bridgehead atoms. The molecule has 40 heavy (non-hydrogen) atoms. The fraction of sp³-hybridized carbons (Fsp3) is 0.281. The fourth-order valence-electron chi connectivity index (χ4n) is 4.99. The molecule has 2 atom stereocenters. The van der Waals surface area contributed by atoms with Crippen molar-refractivity contribution in [1.29, 1.82) is 0 Å². The van der Waals surface area contributed by atoms with E-state index < -0.39 is 17.4 Å². The third-order valence-corrected chi connectivity index (χ3v) is 7.27. The van der Waals surface area contributed by atoms with E-state index in [1.807, 2.05) is 54.6 Å². The summed E-state index contributed by atoms with van der Waals surface area (Å²) >= 11 is 5.95. The number of nitrogens with zero attached hydrogens (tertiary/aromatic N) is 2. The van der Waals surface area contributed by atoms with Crippen molar-refractivity contribution in [3.05, 3.63) is 110 Å². The molecule has 204 valence electrons. The second kappa shape index (κ2) is 12.5. The zero-order valence-electron chi connectivity index (χ0n) is 22.2. The van der Waals surface area contributed by atoms with E-state index in [0.29, 0.717) is 39.6 Å². The minimum absolute atomic E-state index is 0.189. The topological polar surface area (TPSA) is 93.5 Å². The predicted octanol–water partition coefficient (Wildman–Crippen LogP) is 4.57. The molecule has 3 aromatic carbocycles. The molecule has 0 aliphatic carbocycles. The van der Waals surface area contributed by atoms with Crippen LogP contribution in [0.4, 0.5) is 0 Å². The van der Waals surface area contributed by atoms with Gasteiger partial charge in [0, 0.05) is 31.8 Å². The Bertz CT molecular complexity index is 1630. The largest absolute Gasteiger partial charge is 0.381 e. The average Bonchev–Trinajstić information content (AvgIpc) is 2.98. The summed E-state index contributed by atoms with van der Waals surface area (Å²) in [6.07, 6.45) is 1.76. The first-order chi connectivity index (χ1) is 19.4. The monoisotopic (exact) mass is 555 g/mol. The van der Waals surface area contributed by atoms with Crippen LogP contribution in [0.25, 0.3) is 10.9 Å². The Morgan fingerprint density at radius 3 is 2.67 bits per heavy atom. The van der Waals surface area contributed by atoms with Crippen LogP contribution < -0.4 is 10.7 Å². The van der Waals surface area contributed by atoms with Gasteiger partial charge < -0.3 is 15.2 Å². The molecular weight excluding hydrogens is 526 g/mol. The lowest BCUT2D eigenvalue weighted by molar-refractivity contribution is 0.0550. The minimum Gasteiger partial charge on any atom is -0.381 e. The number of rotatable bonds is 6. The number of aliphatic hydroxyl groups is 1. The third-order valence-electron chi connectivity index (χ3n) is 7.02. The highest BCUT2D eigenvalue weighted by Gasteiger charge is 2.21. The van der Waals surface area contributed by atoms with Gasteiger partial charge in [-0.1, -0.05) is 65.9 Å². The Hall–Kier alpha value is -3.96. The number of fused-ring (bicyclic) bond motifs is 1. The van der Waals surface area contributed by atoms with Crippen LogP contribution >= 0.6 is 11.6 Å². The molecule has 0 saturated carbocycles. The van der Waals surface area contributed by atoms with Crippen molar-refractivity contribution in [1.82, 2.24) is 15.1 Å². The van der Waals surface area contributed by atoms with E-state index in [4.69, 9.17) is 16.3 Å². The van der Waals surface area contributed by atoms with Gasteiger partial charge in [-0.05, 0) is 66.1 Å². The summed E-state index contributed by atoms with van der Waals surface area (Å²) in [7, 11) is 1.69. The second-order valence-electron chi connectivity index (χ2n) is 10.0. The second-order valence-corrected chi connectivity index (χ2v) is 10.5. The van der Waals surface area contributed by atoms with E-state index in [1.54, 1.807) is 19.2 Å². The number of carbonyl (C=O) groups excluding carboxylic acids is 1. The number of aryl methyl sites for hydroxylation is 1. The normalized spacial score (nSPS) is 15.7. The van der Waals surface area contributed by atoms with E-state index in [0.717, 1.165) is 37.0 Å². The van der Waals surface area contributed by atoms with Gasteiger partial charge in [0.05, 0.1) is 16.5 Å². The Balaban J connectivity index is 1.53. The highest BCUT2D eigenvalue weighted by Crippen LogP contribution is 2.24. The number of aromatic nitrogens is 2. The molecule has 1 aliphatic rings. The fourth-order valence-corrected chi connectivity index (χ4v) is 5.11. The molecule has 5 rings (SSSR count). The minimum atomic E-state index is -0.991. The summed E-state index contributed by atoms with van der Waals surface area (Å²) in [5, 5.41) is 18.7. The summed E-state index contributed by atoms with van der Waals surface area (Å²) in [5.74, 6) is 5.77. The van der Waals surface area contributed by atoms with Gasteiger partial charge in [0.25, 0.3) is 5.91 Å². The van der Waals surface area contributed by atoms with Crippen molar-refractivity contribution in [2.45, 2.75) is 31.9 Å². The van der Waals surface area contributed by atoms with Crippen LogP contribution in [0.1, 0.15) is 51.7 Å². The predicted molar refractivity (Wildman–Crippen MR) is 155 cm³/mol. The lowest BCUT2D eigenvalue weighted by Gasteiger charge is -2.22. The van der Waals surface area contributed by atoms with Gasteiger partial charge in [-0.15, -0.1) is 0 Å². The molecule has 2 N–H and O–H groups in total. The highest BCUT2D eigenvalue weighted by atomic mass is 35.5. The quantitative estimate of drug-likeness (QED) is 0.340. The molecule has 4 aromatic rings. The SMILES string of the molecule is Cn1nc(C(=O)NCc2ccc(Cl)cc2)c(=O)c2cc(CC3CCCOC3)cc(C#CC(O)c3ccccc3)c21. The van der Waals surface area contributed by atoms with E-state index in [9.17, 15) is 14.7 Å². The number of ether oxygens (including phenoxy) is 1. The summed E-state index contributed by atoms with van der Waals surface area (Å²) in [5.41, 5.74) is 2.89. The molecule has 2 unspecified atom stereocenters. The number of halogens is 1. The van der Waals surface area contributed by atoms with Crippen LogP contribution in [-0.4, -0.2) is 34.0 Å². The molecule has 1 fully saturated rings. The standard InChI is InChI=1S/C32H30ClN3O4/c1-36-30-25(11-14-28(37)24-7-3-2-4-8-24)17-23(16-22-6-5-15-40-20-22)18-27(30)31(38)29(35-36)32(39)34-19-21-9-12-26(33)13-10-21/h2-4,7-10,12-13,17-18,22,28,37H,5-6,15-16,19-20H2,1H3,(H,34,39). The smallest absolute Gasteiger partial charge is 0.276 e. The Morgan fingerprint density at radius 1 is 1.18 bits per heavy atom. The van der Waals surface area contributed by atoms with Crippen LogP contribution in [0.2, 0.25) is 5.02 Å². The van der Waals surface area contributed by atoms with Crippen LogP contribution in [-0.2, 0) is 24.8 Å². The van der Waals surface area contributed by atoms with Gasteiger partial charge in [0.1, 0.15) is 6.10 Å². The number of carbonyl (C=O) groups is 1. The van der Waals surface area contributed by atoms with Gasteiger partial charge >= 0.3 is 0 Å². The van der Waals surface area contributed by atoms with Crippen LogP contribution in [0, 0.1) is 17.8 Å². The lowest BCUT2D eigenvalue weighted by Crippen LogP contribution is -2.31. The molecular formula is C32H30ClN3O4. The summed E-state index contributed by atoms with van der Waals surface area (Å²) in [6.45, 7) is 1.66. The highest BCUT2D eigenvalue weighted by molar-refractivity contribution is 6.30. The van der Waals surface area contributed by atoms with Gasteiger partial charge in [0.15, 0.2) is 5.69 Å². The van der Waals surface area contributed by atoms with Gasteiger partial charge in [-0.2, -0.15) is 5.10 Å². The lowest BCUT2D eigenvalue weighted by atomic mass is 9.92. The molecule has 8 heteroatoms. The number of amides is 1. The van der Waals surface area contributed by atoms with E-state index in [-0.39, 0.29) is 12.2 Å². The zero-order valence-corrected chi connectivity index (χ0v) is 22.9. The average molecular weight is 556 g/mol. The molecule has 7 nitrogen and oxygen atoms in total. The van der Waals surface area contributed by atoms with E-state index >= 15 is 0 Å². The van der Waals surface area contributed by atoms with Crippen LogP contribution in [0.15, 0.2) is 71.5 Å². The van der Waals surface area contributed by atoms with E-state index in [1.165, 1.54) is 4.68 Å². The number of aliphatic hydroxyl groups excluding tert-OH is 1. The number of hydrogen-bond donors (Lipinski definition) is 2.